The van der Waals surface area contributed by atoms with Gasteiger partial charge < -0.3 is 24.8 Å². The molecule has 6 rings (SSSR count). The van der Waals surface area contributed by atoms with Gasteiger partial charge in [0.05, 0.1) is 0 Å². The number of aryl methyl sites for hydroxylation is 1. The third-order valence-corrected chi connectivity index (χ3v) is 13.2. The van der Waals surface area contributed by atoms with Crippen LogP contribution in [0.5, 0.6) is 0 Å². The first kappa shape index (κ1) is 23.3. The summed E-state index contributed by atoms with van der Waals surface area (Å²) in [5.41, 5.74) is 11.6. The first-order valence-electron chi connectivity index (χ1n) is 10.6. The number of fused-ring (bicyclic) bond motifs is 3. The van der Waals surface area contributed by atoms with Gasteiger partial charge in [-0.25, -0.2) is 0 Å². The second kappa shape index (κ2) is 9.17. The molecule has 0 spiro atoms. The van der Waals surface area contributed by atoms with E-state index in [0.717, 1.165) is 0 Å². The van der Waals surface area contributed by atoms with Crippen molar-refractivity contribution in [2.45, 2.75) is 21.2 Å². The standard InChI is InChI=1S/C19H16N.C9H7.2ClH.Hf/c1-13-14(2)20(19-10-6-5-9-18(13)19)17-11-15-7-3-4-8-16(15)12-17;1-2-5-9-7-3-6-8(9)4-1;;;/h3-12H,1-2H3;1-7H;2*1H;/q;;;;+2/p-2. The third-order valence-electron chi connectivity index (χ3n) is 6.74. The first-order valence-corrected chi connectivity index (χ1v) is 14.8. The van der Waals surface area contributed by atoms with E-state index in [0.29, 0.717) is 7.35 Å². The van der Waals surface area contributed by atoms with E-state index >= 15 is 0 Å². The van der Waals surface area contributed by atoms with Crippen LogP contribution in [0.2, 0.25) is 0 Å². The van der Waals surface area contributed by atoms with Crippen LogP contribution in [0.4, 0.5) is 0 Å². The maximum Gasteiger partial charge on any atom is -1.00 e. The van der Waals surface area contributed by atoms with Gasteiger partial charge in [-0.05, 0) is 0 Å². The Morgan fingerprint density at radius 3 is 2.22 bits per heavy atom. The predicted molar refractivity (Wildman–Crippen MR) is 123 cm³/mol. The summed E-state index contributed by atoms with van der Waals surface area (Å²) < 4.78 is 3.80. The summed E-state index contributed by atoms with van der Waals surface area (Å²) in [4.78, 5) is 0. The molecule has 2 aliphatic rings. The van der Waals surface area contributed by atoms with Crippen molar-refractivity contribution in [1.82, 2.24) is 4.57 Å². The largest absolute Gasteiger partial charge is 1.00 e. The van der Waals surface area contributed by atoms with Gasteiger partial charge in [-0.2, -0.15) is 0 Å². The number of para-hydroxylation sites is 1. The fourth-order valence-corrected chi connectivity index (χ4v) is 11.7. The van der Waals surface area contributed by atoms with Crippen molar-refractivity contribution >= 4 is 28.8 Å². The van der Waals surface area contributed by atoms with Crippen LogP contribution in [0.25, 0.3) is 28.8 Å². The molecule has 3 aromatic carbocycles. The molecule has 0 bridgehead atoms. The minimum Gasteiger partial charge on any atom is -1.00 e. The second-order valence-corrected chi connectivity index (χ2v) is 13.8. The van der Waals surface area contributed by atoms with Gasteiger partial charge in [0.1, 0.15) is 0 Å². The Labute approximate surface area is 213 Å². The van der Waals surface area contributed by atoms with E-state index in [4.69, 9.17) is 0 Å². The van der Waals surface area contributed by atoms with Gasteiger partial charge in [-0.15, -0.1) is 0 Å². The molecule has 4 aromatic rings. The summed E-state index contributed by atoms with van der Waals surface area (Å²) in [6, 6.07) is 26.9. The average Bonchev–Trinajstić information content (AvgIpc) is 3.43. The molecule has 0 saturated heterocycles. The van der Waals surface area contributed by atoms with Crippen molar-refractivity contribution in [3.05, 3.63) is 112 Å². The minimum atomic E-state index is -1.13. The fourth-order valence-electron chi connectivity index (χ4n) is 5.11. The van der Waals surface area contributed by atoms with Crippen molar-refractivity contribution in [1.29, 1.82) is 0 Å². The summed E-state index contributed by atoms with van der Waals surface area (Å²) in [6.45, 7) is 4.55. The molecule has 0 fully saturated rings. The summed E-state index contributed by atoms with van der Waals surface area (Å²) in [5.74, 6) is 0. The molecule has 0 N–H and O–H groups in total. The number of hydrogen-bond acceptors (Lipinski definition) is 0. The number of hydrogen-bond donors (Lipinski definition) is 0. The smallest absolute Gasteiger partial charge is 1.00 e. The van der Waals surface area contributed by atoms with Crippen molar-refractivity contribution < 1.29 is 47.7 Å². The van der Waals surface area contributed by atoms with Crippen molar-refractivity contribution in [2.75, 3.05) is 0 Å². The van der Waals surface area contributed by atoms with Gasteiger partial charge in [0.2, 0.25) is 0 Å². The minimum absolute atomic E-state index is 0. The van der Waals surface area contributed by atoms with Gasteiger partial charge in [0.15, 0.2) is 0 Å². The Morgan fingerprint density at radius 2 is 1.41 bits per heavy atom. The van der Waals surface area contributed by atoms with Crippen LogP contribution in [0.3, 0.4) is 0 Å². The Bertz CT molecular complexity index is 1370. The molecule has 32 heavy (non-hydrogen) atoms. The average molecular weight is 623 g/mol. The van der Waals surface area contributed by atoms with Crippen LogP contribution < -0.4 is 24.8 Å². The van der Waals surface area contributed by atoms with Gasteiger partial charge in [-0.1, -0.05) is 0 Å². The third kappa shape index (κ3) is 3.57. The van der Waals surface area contributed by atoms with E-state index in [1.165, 1.54) is 39.0 Å². The van der Waals surface area contributed by atoms with Crippen LogP contribution in [-0.4, -0.2) is 4.57 Å². The van der Waals surface area contributed by atoms with E-state index in [1.807, 2.05) is 0 Å². The Kier molecular flexibility index (Phi) is 6.68. The Balaban J connectivity index is 0.00000122. The zero-order valence-electron chi connectivity index (χ0n) is 18.0. The molecule has 2 aliphatic carbocycles. The van der Waals surface area contributed by atoms with Crippen LogP contribution in [-0.2, 0) is 22.9 Å². The molecule has 0 radical (unpaired) electrons. The van der Waals surface area contributed by atoms with Gasteiger partial charge >= 0.3 is 190 Å². The van der Waals surface area contributed by atoms with Crippen LogP contribution in [0.15, 0.2) is 78.9 Å². The fraction of sp³-hybridized carbons (Fsp3) is 0.143. The molecule has 2 atom stereocenters. The maximum absolute atomic E-state index is 2.56. The number of nitrogens with zero attached hydrogens (tertiary/aromatic N) is 1. The summed E-state index contributed by atoms with van der Waals surface area (Å²) in [5, 5.41) is 1.38. The van der Waals surface area contributed by atoms with Crippen molar-refractivity contribution in [3.63, 3.8) is 0 Å². The topological polar surface area (TPSA) is 4.93 Å². The van der Waals surface area contributed by atoms with Gasteiger partial charge in [0, 0.05) is 0 Å². The second-order valence-electron chi connectivity index (χ2n) is 8.33. The molecule has 1 aromatic heterocycles. The molecule has 1 heterocycles. The Hall–Kier alpha value is -1.87. The molecule has 2 unspecified atom stereocenters. The molecule has 158 valence electrons. The normalized spacial score (nSPS) is 17.8. The summed E-state index contributed by atoms with van der Waals surface area (Å²) >= 11 is -1.13. The summed E-state index contributed by atoms with van der Waals surface area (Å²) in [7, 11) is 0. The van der Waals surface area contributed by atoms with Crippen molar-refractivity contribution in [3.8, 4) is 0 Å². The number of halogens is 2. The first-order chi connectivity index (χ1) is 14.7. The van der Waals surface area contributed by atoms with E-state index in [-0.39, 0.29) is 24.8 Å². The van der Waals surface area contributed by atoms with Gasteiger partial charge in [0.25, 0.3) is 0 Å². The van der Waals surface area contributed by atoms with Crippen LogP contribution >= 0.6 is 0 Å². The Morgan fingerprint density at radius 1 is 0.750 bits per heavy atom. The molecular formula is C28H23Cl2HfN. The number of rotatable bonds is 3. The molecule has 0 amide bonds. The van der Waals surface area contributed by atoms with E-state index in [1.54, 1.807) is 11.1 Å². The van der Waals surface area contributed by atoms with Crippen LogP contribution in [0.1, 0.15) is 40.9 Å². The number of benzene rings is 3. The summed E-state index contributed by atoms with van der Waals surface area (Å²) in [6.07, 6.45) is 7.30. The van der Waals surface area contributed by atoms with E-state index in [9.17, 15) is 0 Å². The maximum atomic E-state index is 2.56. The van der Waals surface area contributed by atoms with Crippen molar-refractivity contribution in [2.24, 2.45) is 0 Å². The SMILES string of the molecule is Cc1c(C)n(C2=Cc3ccccc3[CH]2[Hf+2][CH]2C=Cc3ccccc32)c2ccccc12.[Cl-].[Cl-]. The number of allylic oxidation sites excluding steroid dienone is 2. The molecule has 0 saturated carbocycles. The van der Waals surface area contributed by atoms with E-state index < -0.39 is 22.9 Å². The predicted octanol–water partition coefficient (Wildman–Crippen LogP) is 1.17. The number of aromatic nitrogens is 1. The van der Waals surface area contributed by atoms with Gasteiger partial charge in [-0.3, -0.25) is 0 Å². The molecule has 1 nitrogen and oxygen atoms in total. The van der Waals surface area contributed by atoms with E-state index in [2.05, 4.69) is 109 Å². The van der Waals surface area contributed by atoms with Crippen LogP contribution in [0, 0.1) is 13.8 Å². The molecule has 0 aliphatic heterocycles. The molecular weight excluding hydrogens is 600 g/mol. The molecule has 4 heteroatoms. The zero-order chi connectivity index (χ0) is 20.2. The quantitative estimate of drug-likeness (QED) is 0.303. The monoisotopic (exact) mass is 623 g/mol. The zero-order valence-corrected chi connectivity index (χ0v) is 23.1.